The molecule has 2 aliphatic carbocycles. The second-order valence-corrected chi connectivity index (χ2v) is 5.57. The summed E-state index contributed by atoms with van der Waals surface area (Å²) in [6.07, 6.45) is 3.56. The SMILES string of the molecule is CC1=C2CCCC(=O)[C@@]2(c2ccccc2)CCC1=O. The van der Waals surface area contributed by atoms with Crippen molar-refractivity contribution < 1.29 is 9.59 Å². The van der Waals surface area contributed by atoms with E-state index in [0.29, 0.717) is 25.0 Å². The van der Waals surface area contributed by atoms with Crippen LogP contribution in [-0.4, -0.2) is 11.6 Å². The summed E-state index contributed by atoms with van der Waals surface area (Å²) in [6.45, 7) is 1.90. The van der Waals surface area contributed by atoms with Crippen molar-refractivity contribution in [1.29, 1.82) is 0 Å². The van der Waals surface area contributed by atoms with Crippen LogP contribution in [0.15, 0.2) is 41.5 Å². The predicted molar refractivity (Wildman–Crippen MR) is 73.9 cm³/mol. The van der Waals surface area contributed by atoms with Gasteiger partial charge in [0.1, 0.15) is 5.78 Å². The van der Waals surface area contributed by atoms with Gasteiger partial charge in [-0.15, -0.1) is 0 Å². The summed E-state index contributed by atoms with van der Waals surface area (Å²) in [4.78, 5) is 24.6. The molecule has 1 saturated carbocycles. The molecule has 0 aliphatic heterocycles. The van der Waals surface area contributed by atoms with Crippen LogP contribution in [0.3, 0.4) is 0 Å². The fourth-order valence-electron chi connectivity index (χ4n) is 3.68. The van der Waals surface area contributed by atoms with Gasteiger partial charge in [-0.3, -0.25) is 9.59 Å². The lowest BCUT2D eigenvalue weighted by Gasteiger charge is -2.42. The minimum Gasteiger partial charge on any atom is -0.298 e. The Kier molecular flexibility index (Phi) is 2.89. The number of Topliss-reactive ketones (excluding diaryl/α,β-unsaturated/α-hetero) is 2. The number of rotatable bonds is 1. The molecule has 1 atom stereocenters. The van der Waals surface area contributed by atoms with E-state index in [4.69, 9.17) is 0 Å². The van der Waals surface area contributed by atoms with Crippen LogP contribution in [-0.2, 0) is 15.0 Å². The molecule has 2 aliphatic rings. The van der Waals surface area contributed by atoms with Gasteiger partial charge in [0, 0.05) is 12.8 Å². The maximum atomic E-state index is 12.7. The third kappa shape index (κ3) is 1.70. The molecule has 1 fully saturated rings. The average molecular weight is 254 g/mol. The molecule has 0 unspecified atom stereocenters. The number of hydrogen-bond donors (Lipinski definition) is 0. The number of ketones is 2. The van der Waals surface area contributed by atoms with Crippen molar-refractivity contribution >= 4 is 11.6 Å². The fraction of sp³-hybridized carbons (Fsp3) is 0.412. The smallest absolute Gasteiger partial charge is 0.158 e. The fourth-order valence-corrected chi connectivity index (χ4v) is 3.68. The Morgan fingerprint density at radius 2 is 1.74 bits per heavy atom. The Balaban J connectivity index is 2.24. The van der Waals surface area contributed by atoms with Gasteiger partial charge in [-0.2, -0.15) is 0 Å². The summed E-state index contributed by atoms with van der Waals surface area (Å²) in [7, 11) is 0. The molecule has 98 valence electrons. The zero-order chi connectivity index (χ0) is 13.5. The third-order valence-electron chi connectivity index (χ3n) is 4.69. The summed E-state index contributed by atoms with van der Waals surface area (Å²) in [5, 5.41) is 0. The van der Waals surface area contributed by atoms with Crippen molar-refractivity contribution in [3.05, 3.63) is 47.0 Å². The van der Waals surface area contributed by atoms with E-state index < -0.39 is 5.41 Å². The van der Waals surface area contributed by atoms with Crippen LogP contribution >= 0.6 is 0 Å². The molecular weight excluding hydrogens is 236 g/mol. The normalized spacial score (nSPS) is 27.4. The van der Waals surface area contributed by atoms with Crippen LogP contribution in [0.5, 0.6) is 0 Å². The molecule has 0 bridgehead atoms. The van der Waals surface area contributed by atoms with E-state index in [-0.39, 0.29) is 5.78 Å². The molecule has 2 nitrogen and oxygen atoms in total. The molecule has 19 heavy (non-hydrogen) atoms. The molecule has 0 N–H and O–H groups in total. The van der Waals surface area contributed by atoms with Crippen LogP contribution in [0.4, 0.5) is 0 Å². The molecule has 0 saturated heterocycles. The number of fused-ring (bicyclic) bond motifs is 1. The van der Waals surface area contributed by atoms with Gasteiger partial charge in [-0.1, -0.05) is 30.3 Å². The molecule has 3 rings (SSSR count). The number of hydrogen-bond acceptors (Lipinski definition) is 2. The van der Waals surface area contributed by atoms with Gasteiger partial charge in [0.25, 0.3) is 0 Å². The van der Waals surface area contributed by atoms with E-state index in [9.17, 15) is 9.59 Å². The lowest BCUT2D eigenvalue weighted by Crippen LogP contribution is -2.44. The van der Waals surface area contributed by atoms with Gasteiger partial charge < -0.3 is 0 Å². The lowest BCUT2D eigenvalue weighted by atomic mass is 9.59. The highest BCUT2D eigenvalue weighted by atomic mass is 16.1. The van der Waals surface area contributed by atoms with Crippen LogP contribution < -0.4 is 0 Å². The van der Waals surface area contributed by atoms with E-state index in [1.165, 1.54) is 0 Å². The summed E-state index contributed by atoms with van der Waals surface area (Å²) in [5.74, 6) is 0.517. The molecule has 0 radical (unpaired) electrons. The Hall–Kier alpha value is -1.70. The van der Waals surface area contributed by atoms with Crippen molar-refractivity contribution in [3.63, 3.8) is 0 Å². The van der Waals surface area contributed by atoms with Crippen LogP contribution in [0.25, 0.3) is 0 Å². The summed E-state index contributed by atoms with van der Waals surface area (Å²) < 4.78 is 0. The van der Waals surface area contributed by atoms with E-state index in [1.54, 1.807) is 0 Å². The molecular formula is C17H18O2. The first-order chi connectivity index (χ1) is 9.16. The first-order valence-electron chi connectivity index (χ1n) is 6.98. The molecule has 0 heterocycles. The van der Waals surface area contributed by atoms with E-state index >= 15 is 0 Å². The molecule has 1 aromatic rings. The zero-order valence-electron chi connectivity index (χ0n) is 11.2. The Bertz CT molecular complexity index is 568. The minimum atomic E-state index is -0.502. The molecule has 1 aromatic carbocycles. The summed E-state index contributed by atoms with van der Waals surface area (Å²) in [5.41, 5.74) is 2.49. The molecule has 0 amide bonds. The van der Waals surface area contributed by atoms with Crippen LogP contribution in [0, 0.1) is 0 Å². The van der Waals surface area contributed by atoms with Gasteiger partial charge in [-0.05, 0) is 42.9 Å². The van der Waals surface area contributed by atoms with Crippen molar-refractivity contribution in [2.24, 2.45) is 0 Å². The van der Waals surface area contributed by atoms with Crippen molar-refractivity contribution in [2.75, 3.05) is 0 Å². The second kappa shape index (κ2) is 4.44. The Morgan fingerprint density at radius 3 is 2.47 bits per heavy atom. The Morgan fingerprint density at radius 1 is 1.00 bits per heavy atom. The third-order valence-corrected chi connectivity index (χ3v) is 4.69. The van der Waals surface area contributed by atoms with Crippen molar-refractivity contribution in [1.82, 2.24) is 0 Å². The van der Waals surface area contributed by atoms with Gasteiger partial charge in [0.05, 0.1) is 5.41 Å². The van der Waals surface area contributed by atoms with Gasteiger partial charge in [-0.25, -0.2) is 0 Å². The maximum absolute atomic E-state index is 12.7. The van der Waals surface area contributed by atoms with E-state index in [2.05, 4.69) is 0 Å². The predicted octanol–water partition coefficient (Wildman–Crippen LogP) is 3.36. The maximum Gasteiger partial charge on any atom is 0.158 e. The van der Waals surface area contributed by atoms with Gasteiger partial charge in [0.15, 0.2) is 5.78 Å². The van der Waals surface area contributed by atoms with Gasteiger partial charge >= 0.3 is 0 Å². The monoisotopic (exact) mass is 254 g/mol. The number of carbonyl (C=O) groups excluding carboxylic acids is 2. The van der Waals surface area contributed by atoms with Crippen molar-refractivity contribution in [3.8, 4) is 0 Å². The lowest BCUT2D eigenvalue weighted by molar-refractivity contribution is -0.126. The van der Waals surface area contributed by atoms with Crippen LogP contribution in [0.1, 0.15) is 44.6 Å². The quantitative estimate of drug-likeness (QED) is 0.770. The highest BCUT2D eigenvalue weighted by molar-refractivity contribution is 6.04. The van der Waals surface area contributed by atoms with Gasteiger partial charge in [0.2, 0.25) is 0 Å². The first kappa shape index (κ1) is 12.3. The van der Waals surface area contributed by atoms with Crippen molar-refractivity contribution in [2.45, 2.75) is 44.4 Å². The Labute approximate surface area is 113 Å². The van der Waals surface area contributed by atoms with E-state index in [1.807, 2.05) is 37.3 Å². The zero-order valence-corrected chi connectivity index (χ0v) is 11.2. The minimum absolute atomic E-state index is 0.219. The summed E-state index contributed by atoms with van der Waals surface area (Å²) >= 11 is 0. The number of benzene rings is 1. The second-order valence-electron chi connectivity index (χ2n) is 5.57. The standard InChI is InChI=1S/C17H18O2/c1-12-14-8-5-9-16(19)17(14,11-10-15(12)18)13-6-3-2-4-7-13/h2-4,6-7H,5,8-11H2,1H3/t17-/m1/s1. The highest BCUT2D eigenvalue weighted by Gasteiger charge is 2.48. The topological polar surface area (TPSA) is 34.1 Å². The van der Waals surface area contributed by atoms with Crippen LogP contribution in [0.2, 0.25) is 0 Å². The molecule has 2 heteroatoms. The largest absolute Gasteiger partial charge is 0.298 e. The van der Waals surface area contributed by atoms with E-state index in [0.717, 1.165) is 29.6 Å². The molecule has 0 spiro atoms. The highest BCUT2D eigenvalue weighted by Crippen LogP contribution is 2.48. The molecule has 0 aromatic heterocycles. The average Bonchev–Trinajstić information content (AvgIpc) is 2.45. The first-order valence-corrected chi connectivity index (χ1v) is 6.98. The summed E-state index contributed by atoms with van der Waals surface area (Å²) in [6, 6.07) is 10.0. The number of carbonyl (C=O) groups is 2. The number of allylic oxidation sites excluding steroid dienone is 2.